The summed E-state index contributed by atoms with van der Waals surface area (Å²) in [5.74, 6) is 0. The number of aryl methyl sites for hydroxylation is 1. The number of nitrogens with zero attached hydrogens (tertiary/aromatic N) is 1. The van der Waals surface area contributed by atoms with Crippen molar-refractivity contribution in [3.63, 3.8) is 0 Å². The number of nitrogens with one attached hydrogen (secondary N) is 1. The van der Waals surface area contributed by atoms with Crippen LogP contribution in [0.25, 0.3) is 0 Å². The van der Waals surface area contributed by atoms with Gasteiger partial charge in [0.1, 0.15) is 0 Å². The summed E-state index contributed by atoms with van der Waals surface area (Å²) in [5.41, 5.74) is 6.81. The standard InChI is InChI=1S/C12H15N3O2S2/c1-9-8-10(13)2-3-11(9)19(16,17)15-5-4-12-14-6-7-18-12/h2-3,6-8,15H,4-5,13H2,1H3. The Kier molecular flexibility index (Phi) is 4.18. The Morgan fingerprint density at radius 1 is 1.42 bits per heavy atom. The maximum absolute atomic E-state index is 12.1. The SMILES string of the molecule is Cc1cc(N)ccc1S(=O)(=O)NCCc1nccs1. The fourth-order valence-corrected chi connectivity index (χ4v) is 3.60. The molecule has 0 aliphatic heterocycles. The number of sulfonamides is 1. The van der Waals surface area contributed by atoms with Crippen LogP contribution in [0.4, 0.5) is 5.69 Å². The van der Waals surface area contributed by atoms with Gasteiger partial charge in [0, 0.05) is 30.2 Å². The van der Waals surface area contributed by atoms with E-state index < -0.39 is 10.0 Å². The summed E-state index contributed by atoms with van der Waals surface area (Å²) < 4.78 is 26.8. The quantitative estimate of drug-likeness (QED) is 0.820. The molecule has 0 amide bonds. The zero-order valence-corrected chi connectivity index (χ0v) is 12.1. The lowest BCUT2D eigenvalue weighted by molar-refractivity contribution is 0.581. The van der Waals surface area contributed by atoms with Crippen LogP contribution in [0, 0.1) is 6.92 Å². The molecule has 5 nitrogen and oxygen atoms in total. The van der Waals surface area contributed by atoms with Gasteiger partial charge < -0.3 is 5.73 Å². The zero-order chi connectivity index (χ0) is 13.9. The van der Waals surface area contributed by atoms with Crippen molar-refractivity contribution in [2.45, 2.75) is 18.2 Å². The van der Waals surface area contributed by atoms with Crippen LogP contribution in [0.15, 0.2) is 34.7 Å². The molecule has 0 aliphatic carbocycles. The molecule has 19 heavy (non-hydrogen) atoms. The largest absolute Gasteiger partial charge is 0.399 e. The molecular weight excluding hydrogens is 282 g/mol. The number of thiazole rings is 1. The van der Waals surface area contributed by atoms with E-state index >= 15 is 0 Å². The molecule has 3 N–H and O–H groups in total. The third kappa shape index (κ3) is 3.52. The molecule has 0 aliphatic rings. The summed E-state index contributed by atoms with van der Waals surface area (Å²) in [6.45, 7) is 2.06. The van der Waals surface area contributed by atoms with Gasteiger partial charge in [-0.15, -0.1) is 11.3 Å². The van der Waals surface area contributed by atoms with E-state index in [1.54, 1.807) is 25.3 Å². The van der Waals surface area contributed by atoms with E-state index in [-0.39, 0.29) is 4.90 Å². The first kappa shape index (κ1) is 14.0. The van der Waals surface area contributed by atoms with Crippen LogP contribution in [-0.2, 0) is 16.4 Å². The molecule has 1 aromatic heterocycles. The van der Waals surface area contributed by atoms with Crippen molar-refractivity contribution in [3.8, 4) is 0 Å². The summed E-state index contributed by atoms with van der Waals surface area (Å²) in [4.78, 5) is 4.37. The van der Waals surface area contributed by atoms with Gasteiger partial charge in [-0.3, -0.25) is 0 Å². The van der Waals surface area contributed by atoms with Gasteiger partial charge in [-0.2, -0.15) is 0 Å². The lowest BCUT2D eigenvalue weighted by atomic mass is 10.2. The highest BCUT2D eigenvalue weighted by Crippen LogP contribution is 2.17. The molecule has 0 fully saturated rings. The van der Waals surface area contributed by atoms with Crippen LogP contribution in [-0.4, -0.2) is 19.9 Å². The van der Waals surface area contributed by atoms with E-state index in [0.29, 0.717) is 24.2 Å². The third-order valence-electron chi connectivity index (χ3n) is 2.60. The number of hydrogen-bond acceptors (Lipinski definition) is 5. The third-order valence-corrected chi connectivity index (χ3v) is 5.06. The number of aromatic nitrogens is 1. The molecule has 102 valence electrons. The average molecular weight is 297 g/mol. The molecule has 2 rings (SSSR count). The van der Waals surface area contributed by atoms with E-state index in [0.717, 1.165) is 5.01 Å². The molecule has 1 heterocycles. The molecule has 0 saturated carbocycles. The predicted octanol–water partition coefficient (Wildman–Crippen LogP) is 1.55. The molecule has 0 atom stereocenters. The van der Waals surface area contributed by atoms with Gasteiger partial charge in [-0.25, -0.2) is 18.1 Å². The molecular formula is C12H15N3O2S2. The van der Waals surface area contributed by atoms with Crippen molar-refractivity contribution >= 4 is 27.0 Å². The summed E-state index contributed by atoms with van der Waals surface area (Å²) in [6, 6.07) is 4.76. The summed E-state index contributed by atoms with van der Waals surface area (Å²) >= 11 is 1.51. The molecule has 2 aromatic rings. The van der Waals surface area contributed by atoms with Crippen molar-refractivity contribution in [1.29, 1.82) is 0 Å². The second-order valence-electron chi connectivity index (χ2n) is 4.10. The number of nitrogen functional groups attached to an aromatic ring is 1. The van der Waals surface area contributed by atoms with E-state index in [2.05, 4.69) is 9.71 Å². The second kappa shape index (κ2) is 5.68. The lowest BCUT2D eigenvalue weighted by Gasteiger charge is -2.09. The fraction of sp³-hybridized carbons (Fsp3) is 0.250. The Morgan fingerprint density at radius 3 is 2.84 bits per heavy atom. The Hall–Kier alpha value is -1.44. The van der Waals surface area contributed by atoms with Gasteiger partial charge in [0.15, 0.2) is 0 Å². The normalized spacial score (nSPS) is 11.6. The number of nitrogens with two attached hydrogens (primary N) is 1. The maximum atomic E-state index is 12.1. The molecule has 0 radical (unpaired) electrons. The topological polar surface area (TPSA) is 85.1 Å². The molecule has 0 unspecified atom stereocenters. The van der Waals surface area contributed by atoms with Crippen LogP contribution in [0.1, 0.15) is 10.6 Å². The van der Waals surface area contributed by atoms with Gasteiger partial charge in [0.05, 0.1) is 9.90 Å². The van der Waals surface area contributed by atoms with Gasteiger partial charge in [0.25, 0.3) is 0 Å². The summed E-state index contributed by atoms with van der Waals surface area (Å²) in [7, 11) is -3.49. The van der Waals surface area contributed by atoms with Gasteiger partial charge in [0.2, 0.25) is 10.0 Å². The van der Waals surface area contributed by atoms with E-state index in [4.69, 9.17) is 5.73 Å². The Labute approximate surface area is 116 Å². The van der Waals surface area contributed by atoms with Crippen LogP contribution < -0.4 is 10.5 Å². The molecule has 0 spiro atoms. The van der Waals surface area contributed by atoms with Crippen molar-refractivity contribution < 1.29 is 8.42 Å². The minimum atomic E-state index is -3.49. The average Bonchev–Trinajstić information content (AvgIpc) is 2.81. The number of benzene rings is 1. The van der Waals surface area contributed by atoms with E-state index in [1.165, 1.54) is 17.4 Å². The monoisotopic (exact) mass is 297 g/mol. The lowest BCUT2D eigenvalue weighted by Crippen LogP contribution is -2.26. The summed E-state index contributed by atoms with van der Waals surface area (Å²) in [5, 5.41) is 2.78. The van der Waals surface area contributed by atoms with Crippen LogP contribution in [0.2, 0.25) is 0 Å². The molecule has 0 saturated heterocycles. The first-order valence-corrected chi connectivity index (χ1v) is 8.09. The maximum Gasteiger partial charge on any atom is 0.240 e. The molecule has 1 aromatic carbocycles. The van der Waals surface area contributed by atoms with Crippen LogP contribution in [0.5, 0.6) is 0 Å². The minimum Gasteiger partial charge on any atom is -0.399 e. The van der Waals surface area contributed by atoms with Crippen molar-refractivity contribution in [2.24, 2.45) is 0 Å². The Balaban J connectivity index is 2.05. The van der Waals surface area contributed by atoms with Gasteiger partial charge >= 0.3 is 0 Å². The summed E-state index contributed by atoms with van der Waals surface area (Å²) in [6.07, 6.45) is 2.30. The molecule has 7 heteroatoms. The van der Waals surface area contributed by atoms with E-state index in [1.807, 2.05) is 5.38 Å². The zero-order valence-electron chi connectivity index (χ0n) is 10.5. The first-order chi connectivity index (χ1) is 8.99. The predicted molar refractivity (Wildman–Crippen MR) is 76.6 cm³/mol. The van der Waals surface area contributed by atoms with Gasteiger partial charge in [-0.05, 0) is 30.7 Å². The van der Waals surface area contributed by atoms with Gasteiger partial charge in [-0.1, -0.05) is 0 Å². The number of hydrogen-bond donors (Lipinski definition) is 2. The fourth-order valence-electron chi connectivity index (χ4n) is 1.72. The smallest absolute Gasteiger partial charge is 0.240 e. The van der Waals surface area contributed by atoms with Crippen LogP contribution >= 0.6 is 11.3 Å². The van der Waals surface area contributed by atoms with Crippen molar-refractivity contribution in [1.82, 2.24) is 9.71 Å². The van der Waals surface area contributed by atoms with Crippen LogP contribution in [0.3, 0.4) is 0 Å². The Morgan fingerprint density at radius 2 is 2.21 bits per heavy atom. The number of rotatable bonds is 5. The Bertz CT molecular complexity index is 652. The minimum absolute atomic E-state index is 0.265. The first-order valence-electron chi connectivity index (χ1n) is 5.73. The second-order valence-corrected chi connectivity index (χ2v) is 6.81. The van der Waals surface area contributed by atoms with Crippen molar-refractivity contribution in [3.05, 3.63) is 40.3 Å². The highest BCUT2D eigenvalue weighted by Gasteiger charge is 2.16. The highest BCUT2D eigenvalue weighted by molar-refractivity contribution is 7.89. The van der Waals surface area contributed by atoms with Crippen molar-refractivity contribution in [2.75, 3.05) is 12.3 Å². The highest BCUT2D eigenvalue weighted by atomic mass is 32.2. The molecule has 0 bridgehead atoms. The van der Waals surface area contributed by atoms with E-state index in [9.17, 15) is 8.42 Å². The number of anilines is 1.